The maximum atomic E-state index is 11.4. The molecule has 0 saturated heterocycles. The van der Waals surface area contributed by atoms with E-state index < -0.39 is 0 Å². The molecule has 110 valence electrons. The number of carbonyl (C=O) groups excluding carboxylic acids is 1. The van der Waals surface area contributed by atoms with Crippen LogP contribution in [0.25, 0.3) is 0 Å². The maximum Gasteiger partial charge on any atom is 0.306 e. The van der Waals surface area contributed by atoms with E-state index in [4.69, 9.17) is 21.1 Å². The van der Waals surface area contributed by atoms with E-state index in [-0.39, 0.29) is 5.97 Å². The molecule has 0 bridgehead atoms. The standard InChI is InChI=1S/C17H17ClO3/c1-2-20-17(19)11-6-13-4-3-5-16(12-13)21-15-9-7-14(18)8-10-15/h3-5,7-10,12H,2,6,11H2,1H3. The van der Waals surface area contributed by atoms with Crippen molar-refractivity contribution in [2.24, 2.45) is 0 Å². The van der Waals surface area contributed by atoms with Crippen molar-refractivity contribution in [3.63, 3.8) is 0 Å². The minimum atomic E-state index is -0.179. The fourth-order valence-electron chi connectivity index (χ4n) is 1.88. The molecule has 0 unspecified atom stereocenters. The lowest BCUT2D eigenvalue weighted by Gasteiger charge is -2.08. The van der Waals surface area contributed by atoms with Gasteiger partial charge in [-0.3, -0.25) is 4.79 Å². The van der Waals surface area contributed by atoms with Crippen LogP contribution in [0.5, 0.6) is 11.5 Å². The third-order valence-corrected chi connectivity index (χ3v) is 3.12. The summed E-state index contributed by atoms with van der Waals surface area (Å²) in [7, 11) is 0. The Hall–Kier alpha value is -2.00. The van der Waals surface area contributed by atoms with Gasteiger partial charge in [0.1, 0.15) is 11.5 Å². The van der Waals surface area contributed by atoms with E-state index in [1.165, 1.54) is 0 Å². The van der Waals surface area contributed by atoms with Crippen molar-refractivity contribution in [1.82, 2.24) is 0 Å². The van der Waals surface area contributed by atoms with Crippen LogP contribution < -0.4 is 4.74 Å². The van der Waals surface area contributed by atoms with Gasteiger partial charge < -0.3 is 9.47 Å². The third kappa shape index (κ3) is 5.12. The van der Waals surface area contributed by atoms with E-state index in [9.17, 15) is 4.79 Å². The van der Waals surface area contributed by atoms with Crippen LogP contribution in [0.4, 0.5) is 0 Å². The normalized spacial score (nSPS) is 10.2. The molecule has 0 heterocycles. The minimum Gasteiger partial charge on any atom is -0.466 e. The Morgan fingerprint density at radius 3 is 2.57 bits per heavy atom. The van der Waals surface area contributed by atoms with Crippen LogP contribution in [0.3, 0.4) is 0 Å². The molecular weight excluding hydrogens is 288 g/mol. The van der Waals surface area contributed by atoms with E-state index in [0.29, 0.717) is 24.5 Å². The summed E-state index contributed by atoms with van der Waals surface area (Å²) in [5, 5.41) is 0.672. The van der Waals surface area contributed by atoms with Crippen LogP contribution in [0, 0.1) is 0 Å². The van der Waals surface area contributed by atoms with Crippen LogP contribution in [-0.4, -0.2) is 12.6 Å². The Balaban J connectivity index is 1.97. The second-order valence-corrected chi connectivity index (χ2v) is 4.94. The molecule has 0 aliphatic heterocycles. The second-order valence-electron chi connectivity index (χ2n) is 4.51. The summed E-state index contributed by atoms with van der Waals surface area (Å²) in [5.41, 5.74) is 1.04. The highest BCUT2D eigenvalue weighted by molar-refractivity contribution is 6.30. The summed E-state index contributed by atoms with van der Waals surface area (Å²) in [4.78, 5) is 11.4. The Bertz CT molecular complexity index is 593. The minimum absolute atomic E-state index is 0.179. The summed E-state index contributed by atoms with van der Waals surface area (Å²) >= 11 is 5.84. The van der Waals surface area contributed by atoms with Gasteiger partial charge in [-0.05, 0) is 55.3 Å². The van der Waals surface area contributed by atoms with Gasteiger partial charge in [0, 0.05) is 11.4 Å². The van der Waals surface area contributed by atoms with E-state index in [1.54, 1.807) is 19.1 Å². The fraction of sp³-hybridized carbons (Fsp3) is 0.235. The molecule has 21 heavy (non-hydrogen) atoms. The fourth-order valence-corrected chi connectivity index (χ4v) is 2.01. The van der Waals surface area contributed by atoms with Crippen LogP contribution in [0.1, 0.15) is 18.9 Å². The number of ether oxygens (including phenoxy) is 2. The lowest BCUT2D eigenvalue weighted by atomic mass is 10.1. The quantitative estimate of drug-likeness (QED) is 0.730. The van der Waals surface area contributed by atoms with Crippen LogP contribution in [-0.2, 0) is 16.0 Å². The zero-order valence-electron chi connectivity index (χ0n) is 11.8. The van der Waals surface area contributed by atoms with E-state index in [1.807, 2.05) is 36.4 Å². The molecule has 3 nitrogen and oxygen atoms in total. The highest BCUT2D eigenvalue weighted by Crippen LogP contribution is 2.24. The zero-order chi connectivity index (χ0) is 15.1. The van der Waals surface area contributed by atoms with Crippen molar-refractivity contribution < 1.29 is 14.3 Å². The predicted molar refractivity (Wildman–Crippen MR) is 82.9 cm³/mol. The summed E-state index contributed by atoms with van der Waals surface area (Å²) in [6.07, 6.45) is 1.01. The van der Waals surface area contributed by atoms with Crippen molar-refractivity contribution in [2.45, 2.75) is 19.8 Å². The van der Waals surface area contributed by atoms with Crippen molar-refractivity contribution in [1.29, 1.82) is 0 Å². The number of hydrogen-bond donors (Lipinski definition) is 0. The number of halogens is 1. The number of rotatable bonds is 6. The summed E-state index contributed by atoms with van der Waals surface area (Å²) in [6, 6.07) is 14.9. The van der Waals surface area contributed by atoms with Crippen molar-refractivity contribution in [3.8, 4) is 11.5 Å². The lowest BCUT2D eigenvalue weighted by Crippen LogP contribution is -2.05. The molecule has 0 fully saturated rings. The Labute approximate surface area is 129 Å². The van der Waals surface area contributed by atoms with E-state index >= 15 is 0 Å². The third-order valence-electron chi connectivity index (χ3n) is 2.87. The lowest BCUT2D eigenvalue weighted by molar-refractivity contribution is -0.143. The number of carbonyl (C=O) groups is 1. The summed E-state index contributed by atoms with van der Waals surface area (Å²) < 4.78 is 10.7. The van der Waals surface area contributed by atoms with Crippen LogP contribution in [0.15, 0.2) is 48.5 Å². The highest BCUT2D eigenvalue weighted by atomic mass is 35.5. The number of benzene rings is 2. The average molecular weight is 305 g/mol. The summed E-state index contributed by atoms with van der Waals surface area (Å²) in [6.45, 7) is 2.22. The maximum absolute atomic E-state index is 11.4. The van der Waals surface area contributed by atoms with Crippen molar-refractivity contribution in [2.75, 3.05) is 6.61 Å². The molecule has 0 N–H and O–H groups in total. The molecule has 0 spiro atoms. The molecule has 4 heteroatoms. The number of hydrogen-bond acceptors (Lipinski definition) is 3. The number of aryl methyl sites for hydroxylation is 1. The molecule has 2 aromatic carbocycles. The molecule has 0 amide bonds. The Morgan fingerprint density at radius 2 is 1.86 bits per heavy atom. The number of esters is 1. The molecule has 0 aliphatic carbocycles. The van der Waals surface area contributed by atoms with Gasteiger partial charge in [0.05, 0.1) is 6.61 Å². The molecule has 0 aliphatic rings. The predicted octanol–water partition coefficient (Wildman–Crippen LogP) is 4.63. The van der Waals surface area contributed by atoms with Crippen molar-refractivity contribution >= 4 is 17.6 Å². The summed E-state index contributed by atoms with van der Waals surface area (Å²) in [5.74, 6) is 1.28. The first kappa shape index (κ1) is 15.4. The van der Waals surface area contributed by atoms with E-state index in [2.05, 4.69) is 0 Å². The Kier molecular flexibility index (Phi) is 5.64. The van der Waals surface area contributed by atoms with Crippen molar-refractivity contribution in [3.05, 3.63) is 59.1 Å². The van der Waals surface area contributed by atoms with Crippen LogP contribution >= 0.6 is 11.6 Å². The van der Waals surface area contributed by atoms with Gasteiger partial charge in [0.2, 0.25) is 0 Å². The topological polar surface area (TPSA) is 35.5 Å². The molecular formula is C17H17ClO3. The first-order valence-electron chi connectivity index (χ1n) is 6.85. The molecule has 0 atom stereocenters. The van der Waals surface area contributed by atoms with Gasteiger partial charge in [-0.25, -0.2) is 0 Å². The van der Waals surface area contributed by atoms with Gasteiger partial charge in [0.15, 0.2) is 0 Å². The van der Waals surface area contributed by atoms with Gasteiger partial charge in [-0.2, -0.15) is 0 Å². The molecule has 0 saturated carbocycles. The molecule has 2 rings (SSSR count). The van der Waals surface area contributed by atoms with E-state index in [0.717, 1.165) is 17.1 Å². The van der Waals surface area contributed by atoms with Gasteiger partial charge in [-0.1, -0.05) is 23.7 Å². The first-order chi connectivity index (χ1) is 10.2. The average Bonchev–Trinajstić information content (AvgIpc) is 2.48. The molecule has 0 radical (unpaired) electrons. The van der Waals surface area contributed by atoms with Gasteiger partial charge >= 0.3 is 5.97 Å². The van der Waals surface area contributed by atoms with Gasteiger partial charge in [0.25, 0.3) is 0 Å². The monoisotopic (exact) mass is 304 g/mol. The molecule has 0 aromatic heterocycles. The van der Waals surface area contributed by atoms with Gasteiger partial charge in [-0.15, -0.1) is 0 Å². The second kappa shape index (κ2) is 7.70. The largest absolute Gasteiger partial charge is 0.466 e. The first-order valence-corrected chi connectivity index (χ1v) is 7.23. The highest BCUT2D eigenvalue weighted by Gasteiger charge is 2.04. The Morgan fingerprint density at radius 1 is 1.10 bits per heavy atom. The smallest absolute Gasteiger partial charge is 0.306 e. The SMILES string of the molecule is CCOC(=O)CCc1cccc(Oc2ccc(Cl)cc2)c1. The zero-order valence-corrected chi connectivity index (χ0v) is 12.6. The molecule has 2 aromatic rings. The van der Waals surface area contributed by atoms with Crippen LogP contribution in [0.2, 0.25) is 5.02 Å².